The highest BCUT2D eigenvalue weighted by Crippen LogP contribution is 2.20. The van der Waals surface area contributed by atoms with E-state index >= 15 is 0 Å². The van der Waals surface area contributed by atoms with Gasteiger partial charge in [-0.25, -0.2) is 0 Å². The fourth-order valence-electron chi connectivity index (χ4n) is 1.63. The standard InChI is InChI=1S/C12H18N4O2/c1-6(2)10(12(15)18)16-9-4-3-7(13)5-8(9)11(14)17/h3-6,10,16H,13H2,1-2H3,(H2,14,17)(H2,15,18). The number of anilines is 2. The van der Waals surface area contributed by atoms with Gasteiger partial charge >= 0.3 is 0 Å². The molecule has 0 aromatic heterocycles. The van der Waals surface area contributed by atoms with Crippen molar-refractivity contribution in [3.63, 3.8) is 0 Å². The molecule has 98 valence electrons. The van der Waals surface area contributed by atoms with Crippen LogP contribution >= 0.6 is 0 Å². The van der Waals surface area contributed by atoms with Crippen LogP contribution < -0.4 is 22.5 Å². The largest absolute Gasteiger partial charge is 0.399 e. The van der Waals surface area contributed by atoms with Crippen molar-refractivity contribution in [1.29, 1.82) is 0 Å². The maximum absolute atomic E-state index is 11.3. The molecule has 0 aliphatic carbocycles. The fraction of sp³-hybridized carbons (Fsp3) is 0.333. The molecule has 0 heterocycles. The van der Waals surface area contributed by atoms with Crippen molar-refractivity contribution < 1.29 is 9.59 Å². The maximum atomic E-state index is 11.3. The third-order valence-corrected chi connectivity index (χ3v) is 2.59. The summed E-state index contributed by atoms with van der Waals surface area (Å²) in [6, 6.07) is 4.11. The molecule has 0 spiro atoms. The second kappa shape index (κ2) is 5.39. The number of nitrogen functional groups attached to an aromatic ring is 1. The molecule has 7 N–H and O–H groups in total. The number of nitrogens with two attached hydrogens (primary N) is 3. The Morgan fingerprint density at radius 3 is 2.28 bits per heavy atom. The SMILES string of the molecule is CC(C)C(Nc1ccc(N)cc1C(N)=O)C(N)=O. The van der Waals surface area contributed by atoms with E-state index in [9.17, 15) is 9.59 Å². The van der Waals surface area contributed by atoms with E-state index in [0.717, 1.165) is 0 Å². The Hall–Kier alpha value is -2.24. The van der Waals surface area contributed by atoms with Gasteiger partial charge in [0.25, 0.3) is 5.91 Å². The van der Waals surface area contributed by atoms with Crippen LogP contribution in [0.5, 0.6) is 0 Å². The molecule has 18 heavy (non-hydrogen) atoms. The van der Waals surface area contributed by atoms with Crippen LogP contribution in [0.4, 0.5) is 11.4 Å². The molecule has 1 atom stereocenters. The zero-order valence-corrected chi connectivity index (χ0v) is 10.4. The van der Waals surface area contributed by atoms with Crippen molar-refractivity contribution in [3.8, 4) is 0 Å². The van der Waals surface area contributed by atoms with Crippen molar-refractivity contribution in [2.45, 2.75) is 19.9 Å². The van der Waals surface area contributed by atoms with Crippen LogP contribution in [0, 0.1) is 5.92 Å². The number of benzene rings is 1. The first-order valence-electron chi connectivity index (χ1n) is 5.58. The van der Waals surface area contributed by atoms with Gasteiger partial charge in [-0.1, -0.05) is 13.8 Å². The van der Waals surface area contributed by atoms with Gasteiger partial charge in [0.2, 0.25) is 5.91 Å². The van der Waals surface area contributed by atoms with E-state index in [4.69, 9.17) is 17.2 Å². The highest BCUT2D eigenvalue weighted by atomic mass is 16.1. The molecule has 0 saturated carbocycles. The van der Waals surface area contributed by atoms with Gasteiger partial charge in [-0.3, -0.25) is 9.59 Å². The lowest BCUT2D eigenvalue weighted by Crippen LogP contribution is -2.40. The molecule has 0 bridgehead atoms. The Balaban J connectivity index is 3.10. The molecule has 6 nitrogen and oxygen atoms in total. The Labute approximate surface area is 106 Å². The Morgan fingerprint density at radius 2 is 1.83 bits per heavy atom. The van der Waals surface area contributed by atoms with Crippen molar-refractivity contribution in [1.82, 2.24) is 0 Å². The van der Waals surface area contributed by atoms with Gasteiger partial charge in [-0.15, -0.1) is 0 Å². The summed E-state index contributed by atoms with van der Waals surface area (Å²) in [4.78, 5) is 22.6. The van der Waals surface area contributed by atoms with Gasteiger partial charge in [0, 0.05) is 11.4 Å². The molecule has 1 rings (SSSR count). The predicted octanol–water partition coefficient (Wildman–Crippen LogP) is 0.290. The lowest BCUT2D eigenvalue weighted by molar-refractivity contribution is -0.119. The monoisotopic (exact) mass is 250 g/mol. The summed E-state index contributed by atoms with van der Waals surface area (Å²) in [5.41, 5.74) is 17.3. The smallest absolute Gasteiger partial charge is 0.250 e. The van der Waals surface area contributed by atoms with Crippen LogP contribution in [0.2, 0.25) is 0 Å². The molecule has 0 saturated heterocycles. The molecule has 1 aromatic rings. The molecule has 0 fully saturated rings. The molecule has 0 radical (unpaired) electrons. The summed E-state index contributed by atoms with van der Waals surface area (Å²) in [6.07, 6.45) is 0. The average molecular weight is 250 g/mol. The van der Waals surface area contributed by atoms with Crippen molar-refractivity contribution in [3.05, 3.63) is 23.8 Å². The van der Waals surface area contributed by atoms with Crippen LogP contribution in [0.1, 0.15) is 24.2 Å². The van der Waals surface area contributed by atoms with Crippen molar-refractivity contribution in [2.75, 3.05) is 11.1 Å². The minimum absolute atomic E-state index is 0.0132. The fourth-order valence-corrected chi connectivity index (χ4v) is 1.63. The number of carbonyl (C=O) groups is 2. The van der Waals surface area contributed by atoms with E-state index in [-0.39, 0.29) is 11.5 Å². The number of amides is 2. The lowest BCUT2D eigenvalue weighted by Gasteiger charge is -2.21. The van der Waals surface area contributed by atoms with Crippen LogP contribution in [0.3, 0.4) is 0 Å². The Morgan fingerprint density at radius 1 is 1.22 bits per heavy atom. The average Bonchev–Trinajstić information content (AvgIpc) is 2.25. The summed E-state index contributed by atoms with van der Waals surface area (Å²) in [6.45, 7) is 3.70. The second-order valence-corrected chi connectivity index (χ2v) is 4.44. The summed E-state index contributed by atoms with van der Waals surface area (Å²) in [7, 11) is 0. The number of carbonyl (C=O) groups excluding carboxylic acids is 2. The molecule has 1 unspecified atom stereocenters. The van der Waals surface area contributed by atoms with E-state index in [1.807, 2.05) is 13.8 Å². The summed E-state index contributed by atoms with van der Waals surface area (Å²) in [5, 5.41) is 2.92. The van der Waals surface area contributed by atoms with Crippen LogP contribution in [-0.4, -0.2) is 17.9 Å². The van der Waals surface area contributed by atoms with Gasteiger partial charge in [0.15, 0.2) is 0 Å². The molecular weight excluding hydrogens is 232 g/mol. The van der Waals surface area contributed by atoms with Crippen molar-refractivity contribution in [2.24, 2.45) is 17.4 Å². The topological polar surface area (TPSA) is 124 Å². The summed E-state index contributed by atoms with van der Waals surface area (Å²) < 4.78 is 0. The van der Waals surface area contributed by atoms with Crippen LogP contribution in [-0.2, 0) is 4.79 Å². The quantitative estimate of drug-likeness (QED) is 0.560. The molecule has 0 aliphatic heterocycles. The number of primary amides is 2. The predicted molar refractivity (Wildman–Crippen MR) is 70.8 cm³/mol. The summed E-state index contributed by atoms with van der Waals surface area (Å²) in [5.74, 6) is -1.12. The normalized spacial score (nSPS) is 12.2. The number of hydrogen-bond acceptors (Lipinski definition) is 4. The molecule has 2 amide bonds. The highest BCUT2D eigenvalue weighted by molar-refractivity contribution is 6.00. The van der Waals surface area contributed by atoms with Gasteiger partial charge < -0.3 is 22.5 Å². The van der Waals surface area contributed by atoms with Crippen LogP contribution in [0.15, 0.2) is 18.2 Å². The van der Waals surface area contributed by atoms with E-state index in [1.54, 1.807) is 12.1 Å². The Bertz CT molecular complexity index is 471. The lowest BCUT2D eigenvalue weighted by atomic mass is 10.0. The van der Waals surface area contributed by atoms with E-state index in [1.165, 1.54) is 6.07 Å². The van der Waals surface area contributed by atoms with Crippen LogP contribution in [0.25, 0.3) is 0 Å². The molecule has 0 aliphatic rings. The zero-order valence-electron chi connectivity index (χ0n) is 10.4. The number of rotatable bonds is 5. The number of hydrogen-bond donors (Lipinski definition) is 4. The van der Waals surface area contributed by atoms with Gasteiger partial charge in [-0.2, -0.15) is 0 Å². The first-order chi connectivity index (χ1) is 8.32. The third kappa shape index (κ3) is 3.13. The minimum Gasteiger partial charge on any atom is -0.399 e. The summed E-state index contributed by atoms with van der Waals surface area (Å²) >= 11 is 0. The van der Waals surface area contributed by atoms with Gasteiger partial charge in [0.05, 0.1) is 5.56 Å². The first kappa shape index (κ1) is 13.8. The van der Waals surface area contributed by atoms with Gasteiger partial charge in [-0.05, 0) is 24.1 Å². The molecule has 1 aromatic carbocycles. The molecule has 6 heteroatoms. The number of nitrogens with one attached hydrogen (secondary N) is 1. The van der Waals surface area contributed by atoms with Crippen molar-refractivity contribution >= 4 is 23.2 Å². The first-order valence-corrected chi connectivity index (χ1v) is 5.58. The Kier molecular flexibility index (Phi) is 4.14. The zero-order chi connectivity index (χ0) is 13.9. The van der Waals surface area contributed by atoms with E-state index in [0.29, 0.717) is 11.4 Å². The van der Waals surface area contributed by atoms with E-state index in [2.05, 4.69) is 5.32 Å². The van der Waals surface area contributed by atoms with Gasteiger partial charge in [0.1, 0.15) is 6.04 Å². The minimum atomic E-state index is -0.614. The second-order valence-electron chi connectivity index (χ2n) is 4.44. The maximum Gasteiger partial charge on any atom is 0.250 e. The highest BCUT2D eigenvalue weighted by Gasteiger charge is 2.21. The third-order valence-electron chi connectivity index (χ3n) is 2.59. The van der Waals surface area contributed by atoms with E-state index < -0.39 is 17.9 Å². The molecular formula is C12H18N4O2.